The van der Waals surface area contributed by atoms with Crippen LogP contribution in [0, 0.1) is 6.92 Å². The summed E-state index contributed by atoms with van der Waals surface area (Å²) >= 11 is 0. The van der Waals surface area contributed by atoms with Crippen LogP contribution in [-0.2, 0) is 25.0 Å². The number of phenolic OH excluding ortho intramolecular Hbond substituents is 1. The maximum Gasteiger partial charge on any atom is 0.157 e. The molecule has 2 bridgehead atoms. The van der Waals surface area contributed by atoms with E-state index in [2.05, 4.69) is 28.3 Å². The average Bonchev–Trinajstić information content (AvgIpc) is 3.51. The highest BCUT2D eigenvalue weighted by Crippen LogP contribution is 2.37. The normalized spacial score (nSPS) is 18.9. The topological polar surface area (TPSA) is 101 Å². The number of piperazine rings is 1. The van der Waals surface area contributed by atoms with Gasteiger partial charge in [0.1, 0.15) is 18.2 Å². The zero-order valence-corrected chi connectivity index (χ0v) is 22.1. The Kier molecular flexibility index (Phi) is 5.90. The molecule has 7 rings (SSSR count). The fourth-order valence-corrected chi connectivity index (χ4v) is 6.07. The van der Waals surface area contributed by atoms with Crippen molar-refractivity contribution < 1.29 is 9.84 Å². The van der Waals surface area contributed by atoms with Crippen LogP contribution in [0.1, 0.15) is 29.9 Å². The zero-order valence-electron chi connectivity index (χ0n) is 22.1. The van der Waals surface area contributed by atoms with Gasteiger partial charge in [-0.05, 0) is 48.7 Å². The third-order valence-corrected chi connectivity index (χ3v) is 7.87. The van der Waals surface area contributed by atoms with Gasteiger partial charge in [0.25, 0.3) is 0 Å². The van der Waals surface area contributed by atoms with Gasteiger partial charge in [-0.2, -0.15) is 5.10 Å². The maximum atomic E-state index is 10.5. The number of phenols is 1. The highest BCUT2D eigenvalue weighted by atomic mass is 16.5. The summed E-state index contributed by atoms with van der Waals surface area (Å²) in [5.74, 6) is 1.77. The summed E-state index contributed by atoms with van der Waals surface area (Å²) in [5, 5.41) is 21.6. The van der Waals surface area contributed by atoms with Crippen LogP contribution < -0.4 is 10.2 Å². The van der Waals surface area contributed by atoms with Crippen LogP contribution in [0.5, 0.6) is 5.75 Å². The van der Waals surface area contributed by atoms with Crippen molar-refractivity contribution in [2.24, 2.45) is 7.05 Å². The minimum atomic E-state index is 0.216. The Morgan fingerprint density at radius 3 is 2.64 bits per heavy atom. The van der Waals surface area contributed by atoms with Gasteiger partial charge >= 0.3 is 0 Å². The zero-order chi connectivity index (χ0) is 26.5. The monoisotopic (exact) mass is 521 g/mol. The molecule has 2 aromatic carbocycles. The van der Waals surface area contributed by atoms with Crippen molar-refractivity contribution >= 4 is 27.5 Å². The molecule has 2 atom stereocenters. The van der Waals surface area contributed by atoms with E-state index in [-0.39, 0.29) is 12.4 Å². The number of aromatic nitrogens is 5. The molecule has 2 N–H and O–H groups in total. The number of hydrogen-bond acceptors (Lipinski definition) is 8. The van der Waals surface area contributed by atoms with Gasteiger partial charge < -0.3 is 20.1 Å². The molecule has 9 nitrogen and oxygen atoms in total. The van der Waals surface area contributed by atoms with Crippen LogP contribution in [0.4, 0.5) is 5.82 Å². The number of aryl methyl sites for hydroxylation is 2. The van der Waals surface area contributed by atoms with Crippen LogP contribution in [0.15, 0.2) is 54.9 Å². The molecule has 2 aliphatic rings. The van der Waals surface area contributed by atoms with Gasteiger partial charge in [-0.25, -0.2) is 9.97 Å². The second kappa shape index (κ2) is 9.59. The lowest BCUT2D eigenvalue weighted by molar-refractivity contribution is 0.0990. The number of fused-ring (bicyclic) bond motifs is 4. The largest absolute Gasteiger partial charge is 0.508 e. The molecule has 198 valence electrons. The van der Waals surface area contributed by atoms with Crippen LogP contribution in [0.2, 0.25) is 0 Å². The van der Waals surface area contributed by atoms with E-state index in [1.165, 1.54) is 12.8 Å². The van der Waals surface area contributed by atoms with Gasteiger partial charge in [0.05, 0.1) is 28.9 Å². The third kappa shape index (κ3) is 4.47. The number of nitrogens with one attached hydrogen (secondary N) is 1. The minimum Gasteiger partial charge on any atom is -0.508 e. The Hall–Kier alpha value is -4.08. The number of anilines is 1. The summed E-state index contributed by atoms with van der Waals surface area (Å²) in [4.78, 5) is 17.3. The molecule has 0 radical (unpaired) electrons. The smallest absolute Gasteiger partial charge is 0.157 e. The molecular formula is C30H31N7O2. The van der Waals surface area contributed by atoms with E-state index in [1.54, 1.807) is 16.8 Å². The fraction of sp³-hybridized carbons (Fsp3) is 0.333. The predicted molar refractivity (Wildman–Crippen MR) is 151 cm³/mol. The number of benzene rings is 2. The first-order chi connectivity index (χ1) is 19.0. The van der Waals surface area contributed by atoms with Gasteiger partial charge in [-0.15, -0.1) is 0 Å². The highest BCUT2D eigenvalue weighted by molar-refractivity contribution is 6.01. The molecule has 2 unspecified atom stereocenters. The van der Waals surface area contributed by atoms with Crippen LogP contribution >= 0.6 is 0 Å². The summed E-state index contributed by atoms with van der Waals surface area (Å²) in [5.41, 5.74) is 4.38. The number of ether oxygens (including phenoxy) is 1. The second-order valence-corrected chi connectivity index (χ2v) is 10.7. The summed E-state index contributed by atoms with van der Waals surface area (Å²) in [7, 11) is 1.90. The number of nitrogens with zero attached hydrogens (tertiary/aromatic N) is 6. The van der Waals surface area contributed by atoms with Crippen molar-refractivity contribution in [2.45, 2.75) is 45.1 Å². The van der Waals surface area contributed by atoms with E-state index in [1.807, 2.05) is 43.7 Å². The summed E-state index contributed by atoms with van der Waals surface area (Å²) in [6, 6.07) is 14.5. The van der Waals surface area contributed by atoms with Crippen LogP contribution in [-0.4, -0.2) is 55.0 Å². The molecule has 9 heteroatoms. The third-order valence-electron chi connectivity index (χ3n) is 7.87. The molecule has 2 aliphatic heterocycles. The molecule has 39 heavy (non-hydrogen) atoms. The molecule has 2 saturated heterocycles. The first-order valence-electron chi connectivity index (χ1n) is 13.5. The molecule has 2 fully saturated rings. The van der Waals surface area contributed by atoms with Crippen LogP contribution in [0.3, 0.4) is 0 Å². The molecule has 0 saturated carbocycles. The Labute approximate surface area is 226 Å². The Balaban J connectivity index is 1.33. The lowest BCUT2D eigenvalue weighted by atomic mass is 9.97. The fourth-order valence-electron chi connectivity index (χ4n) is 6.07. The van der Waals surface area contributed by atoms with Crippen LogP contribution in [0.25, 0.3) is 32.9 Å². The van der Waals surface area contributed by atoms with Crippen molar-refractivity contribution in [3.05, 3.63) is 71.9 Å². The molecule has 5 heterocycles. The van der Waals surface area contributed by atoms with Crippen molar-refractivity contribution in [1.82, 2.24) is 30.0 Å². The first kappa shape index (κ1) is 24.0. The lowest BCUT2D eigenvalue weighted by Gasteiger charge is -2.34. The summed E-state index contributed by atoms with van der Waals surface area (Å²) in [6.45, 7) is 4.56. The molecular weight excluding hydrogens is 490 g/mol. The van der Waals surface area contributed by atoms with E-state index in [4.69, 9.17) is 19.7 Å². The van der Waals surface area contributed by atoms with Gasteiger partial charge in [0.15, 0.2) is 5.82 Å². The predicted octanol–water partition coefficient (Wildman–Crippen LogP) is 4.25. The van der Waals surface area contributed by atoms with Crippen molar-refractivity contribution in [3.8, 4) is 17.0 Å². The average molecular weight is 522 g/mol. The van der Waals surface area contributed by atoms with Gasteiger partial charge in [0, 0.05) is 55.7 Å². The molecule has 5 aromatic rings. The highest BCUT2D eigenvalue weighted by Gasteiger charge is 2.34. The Morgan fingerprint density at radius 2 is 1.85 bits per heavy atom. The van der Waals surface area contributed by atoms with E-state index < -0.39 is 0 Å². The lowest BCUT2D eigenvalue weighted by Crippen LogP contribution is -2.51. The van der Waals surface area contributed by atoms with Crippen molar-refractivity contribution in [2.75, 3.05) is 18.0 Å². The summed E-state index contributed by atoms with van der Waals surface area (Å²) in [6.07, 6.45) is 6.19. The van der Waals surface area contributed by atoms with E-state index in [0.717, 1.165) is 63.1 Å². The SMILES string of the molecule is Cc1c(-c2cc(O)cc3ccccc23)ncc2c(N3CC4CCC(C3)N4)nc(COCc3ccn(C)n3)nc12. The summed E-state index contributed by atoms with van der Waals surface area (Å²) < 4.78 is 7.78. The quantitative estimate of drug-likeness (QED) is 0.342. The van der Waals surface area contributed by atoms with Gasteiger partial charge in [0.2, 0.25) is 0 Å². The van der Waals surface area contributed by atoms with Crippen molar-refractivity contribution in [3.63, 3.8) is 0 Å². The first-order valence-corrected chi connectivity index (χ1v) is 13.5. The molecule has 3 aromatic heterocycles. The maximum absolute atomic E-state index is 10.5. The van der Waals surface area contributed by atoms with Crippen molar-refractivity contribution in [1.29, 1.82) is 0 Å². The standard InChI is InChI=1S/C30H31N7O2/c1-18-28(25-12-23(38)11-19-5-3-4-6-24(19)25)31-13-26-29(18)33-27(17-39-16-22-9-10-36(2)35-22)34-30(26)37-14-20-7-8-21(15-37)32-20/h3-6,9-13,20-21,32,38H,7-8,14-17H2,1-2H3. The van der Waals surface area contributed by atoms with Gasteiger partial charge in [-0.1, -0.05) is 24.3 Å². The molecule has 0 aliphatic carbocycles. The number of pyridine rings is 1. The second-order valence-electron chi connectivity index (χ2n) is 10.7. The molecule has 0 amide bonds. The van der Waals surface area contributed by atoms with E-state index in [0.29, 0.717) is 24.5 Å². The Morgan fingerprint density at radius 1 is 1.03 bits per heavy atom. The minimum absolute atomic E-state index is 0.216. The van der Waals surface area contributed by atoms with Gasteiger partial charge in [-0.3, -0.25) is 9.67 Å². The Bertz CT molecular complexity index is 1690. The van der Waals surface area contributed by atoms with E-state index in [9.17, 15) is 5.11 Å². The number of hydrogen-bond donors (Lipinski definition) is 2. The van der Waals surface area contributed by atoms with E-state index >= 15 is 0 Å². The number of rotatable bonds is 6. The molecule has 0 spiro atoms. The number of aromatic hydroxyl groups is 1.